The van der Waals surface area contributed by atoms with Gasteiger partial charge in [0.1, 0.15) is 0 Å². The fraction of sp³-hybridized carbons (Fsp3) is 0.400. The van der Waals surface area contributed by atoms with E-state index in [4.69, 9.17) is 5.84 Å². The number of hydrogen-bond acceptors (Lipinski definition) is 4. The molecule has 0 unspecified atom stereocenters. The molecule has 2 aromatic heterocycles. The highest BCUT2D eigenvalue weighted by Gasteiger charge is 2.25. The highest BCUT2D eigenvalue weighted by Crippen LogP contribution is 2.06. The van der Waals surface area contributed by atoms with Crippen LogP contribution < -0.4 is 11.2 Å². The molecular weight excluding hydrogens is 215 g/mol. The fourth-order valence-corrected chi connectivity index (χ4v) is 2.03. The first-order chi connectivity index (χ1) is 8.02. The van der Waals surface area contributed by atoms with E-state index in [1.54, 1.807) is 0 Å². The molecule has 0 amide bonds. The van der Waals surface area contributed by atoms with Crippen LogP contribution in [0.5, 0.6) is 0 Å². The molecule has 2 heterocycles. The van der Waals surface area contributed by atoms with Gasteiger partial charge in [0.25, 0.3) is 0 Å². The van der Waals surface area contributed by atoms with Crippen molar-refractivity contribution in [2.45, 2.75) is 27.7 Å². The van der Waals surface area contributed by atoms with E-state index in [0.29, 0.717) is 0 Å². The van der Waals surface area contributed by atoms with Crippen LogP contribution in [-0.4, -0.2) is 26.5 Å². The molecule has 2 aromatic rings. The lowest BCUT2D eigenvalue weighted by atomic mass is 9.95. The molecule has 90 valence electrons. The zero-order chi connectivity index (χ0) is 12.6. The second-order valence-corrected chi connectivity index (χ2v) is 4.28. The summed E-state index contributed by atoms with van der Waals surface area (Å²) < 4.78 is 3.66. The standard InChI is InChI=1S/C10H17BN6/c1-7-5-9(3)16(13-7)11(15-12)17-10(4)6-8(2)14-17/h5-6,15H,12H2,1-4H3. The molecule has 2 rings (SSSR count). The van der Waals surface area contributed by atoms with Gasteiger partial charge in [-0.05, 0) is 39.8 Å². The Morgan fingerprint density at radius 2 is 1.41 bits per heavy atom. The molecule has 0 atom stereocenters. The van der Waals surface area contributed by atoms with Crippen LogP contribution in [-0.2, 0) is 0 Å². The fourth-order valence-electron chi connectivity index (χ4n) is 2.03. The van der Waals surface area contributed by atoms with Gasteiger partial charge in [0, 0.05) is 11.4 Å². The van der Waals surface area contributed by atoms with Crippen LogP contribution in [0, 0.1) is 27.7 Å². The van der Waals surface area contributed by atoms with Gasteiger partial charge < -0.3 is 0 Å². The third kappa shape index (κ3) is 2.11. The highest BCUT2D eigenvalue weighted by atomic mass is 15.4. The smallest absolute Gasteiger partial charge is 0.279 e. The van der Waals surface area contributed by atoms with Crippen LogP contribution in [0.1, 0.15) is 22.8 Å². The second-order valence-electron chi connectivity index (χ2n) is 4.28. The Kier molecular flexibility index (Phi) is 3.04. The average molecular weight is 232 g/mol. The minimum absolute atomic E-state index is 0.294. The monoisotopic (exact) mass is 232 g/mol. The Morgan fingerprint density at radius 1 is 1.00 bits per heavy atom. The summed E-state index contributed by atoms with van der Waals surface area (Å²) in [5.74, 6) is 5.62. The number of nitrogens with two attached hydrogens (primary N) is 1. The van der Waals surface area contributed by atoms with Gasteiger partial charge in [-0.3, -0.25) is 20.4 Å². The molecule has 17 heavy (non-hydrogen) atoms. The molecule has 7 heteroatoms. The molecule has 0 aliphatic heterocycles. The third-order valence-corrected chi connectivity index (χ3v) is 2.70. The Bertz CT molecular complexity index is 483. The number of nitrogens with zero attached hydrogens (tertiary/aromatic N) is 4. The topological polar surface area (TPSA) is 73.7 Å². The molecule has 0 saturated carbocycles. The molecule has 0 bridgehead atoms. The van der Waals surface area contributed by atoms with Crippen molar-refractivity contribution in [2.75, 3.05) is 0 Å². The van der Waals surface area contributed by atoms with Crippen molar-refractivity contribution in [1.82, 2.24) is 24.7 Å². The number of hydrogen-bond donors (Lipinski definition) is 2. The van der Waals surface area contributed by atoms with Crippen LogP contribution in [0.25, 0.3) is 0 Å². The van der Waals surface area contributed by atoms with E-state index in [2.05, 4.69) is 15.5 Å². The largest absolute Gasteiger partial charge is 0.524 e. The molecule has 0 fully saturated rings. The van der Waals surface area contributed by atoms with Gasteiger partial charge in [-0.1, -0.05) is 0 Å². The van der Waals surface area contributed by atoms with Gasteiger partial charge in [-0.2, -0.15) is 10.2 Å². The van der Waals surface area contributed by atoms with Crippen LogP contribution >= 0.6 is 0 Å². The summed E-state index contributed by atoms with van der Waals surface area (Å²) >= 11 is 0. The maximum absolute atomic E-state index is 5.62. The molecule has 3 N–H and O–H groups in total. The maximum Gasteiger partial charge on any atom is 0.524 e. The first-order valence-corrected chi connectivity index (χ1v) is 5.54. The number of aryl methyl sites for hydroxylation is 4. The Morgan fingerprint density at radius 3 is 1.65 bits per heavy atom. The molecular formula is C10H17BN6. The van der Waals surface area contributed by atoms with Crippen LogP contribution in [0.2, 0.25) is 0 Å². The minimum atomic E-state index is -0.294. The van der Waals surface area contributed by atoms with Gasteiger partial charge in [0.15, 0.2) is 0 Å². The maximum atomic E-state index is 5.62. The lowest BCUT2D eigenvalue weighted by Gasteiger charge is -2.15. The summed E-state index contributed by atoms with van der Waals surface area (Å²) in [5.41, 5.74) is 4.00. The molecule has 0 spiro atoms. The Hall–Kier alpha value is -1.60. The number of rotatable bonds is 3. The van der Waals surface area contributed by atoms with Gasteiger partial charge in [-0.15, -0.1) is 0 Å². The summed E-state index contributed by atoms with van der Waals surface area (Å²) in [6.07, 6.45) is 0. The van der Waals surface area contributed by atoms with E-state index in [1.807, 2.05) is 49.0 Å². The van der Waals surface area contributed by atoms with Crippen molar-refractivity contribution in [2.24, 2.45) is 5.84 Å². The normalized spacial score (nSPS) is 10.9. The lowest BCUT2D eigenvalue weighted by Crippen LogP contribution is -2.53. The molecule has 0 aliphatic carbocycles. The van der Waals surface area contributed by atoms with Gasteiger partial charge in [0.2, 0.25) is 0 Å². The van der Waals surface area contributed by atoms with E-state index >= 15 is 0 Å². The summed E-state index contributed by atoms with van der Waals surface area (Å²) in [5, 5.41) is 11.6. The van der Waals surface area contributed by atoms with Crippen LogP contribution in [0.3, 0.4) is 0 Å². The first kappa shape index (κ1) is 11.9. The third-order valence-electron chi connectivity index (χ3n) is 2.70. The summed E-state index contributed by atoms with van der Waals surface area (Å²) in [4.78, 5) is 0. The summed E-state index contributed by atoms with van der Waals surface area (Å²) in [6, 6.07) is 4.02. The average Bonchev–Trinajstić information content (AvgIpc) is 2.73. The van der Waals surface area contributed by atoms with E-state index < -0.39 is 0 Å². The molecule has 0 saturated heterocycles. The zero-order valence-corrected chi connectivity index (χ0v) is 10.6. The van der Waals surface area contributed by atoms with E-state index in [0.717, 1.165) is 22.8 Å². The van der Waals surface area contributed by atoms with E-state index in [9.17, 15) is 0 Å². The number of nitrogens with one attached hydrogen (secondary N) is 1. The zero-order valence-electron chi connectivity index (χ0n) is 10.6. The lowest BCUT2D eigenvalue weighted by molar-refractivity contribution is 0.759. The van der Waals surface area contributed by atoms with Crippen molar-refractivity contribution in [3.05, 3.63) is 34.9 Å². The van der Waals surface area contributed by atoms with Crippen molar-refractivity contribution in [1.29, 1.82) is 0 Å². The van der Waals surface area contributed by atoms with Gasteiger partial charge in [0.05, 0.1) is 11.4 Å². The summed E-state index contributed by atoms with van der Waals surface area (Å²) in [6.45, 7) is 7.91. The van der Waals surface area contributed by atoms with E-state index in [-0.39, 0.29) is 7.12 Å². The van der Waals surface area contributed by atoms with Crippen molar-refractivity contribution >= 4 is 7.12 Å². The quantitative estimate of drug-likeness (QED) is 0.449. The van der Waals surface area contributed by atoms with E-state index in [1.165, 1.54) is 0 Å². The van der Waals surface area contributed by atoms with Crippen LogP contribution in [0.4, 0.5) is 0 Å². The first-order valence-electron chi connectivity index (χ1n) is 5.54. The van der Waals surface area contributed by atoms with Crippen molar-refractivity contribution in [3.8, 4) is 0 Å². The van der Waals surface area contributed by atoms with Crippen molar-refractivity contribution < 1.29 is 0 Å². The predicted molar refractivity (Wildman–Crippen MR) is 67.3 cm³/mol. The minimum Gasteiger partial charge on any atom is -0.279 e. The molecule has 0 radical (unpaired) electrons. The molecule has 6 nitrogen and oxygen atoms in total. The van der Waals surface area contributed by atoms with Gasteiger partial charge in [-0.25, -0.2) is 0 Å². The molecule has 0 aromatic carbocycles. The van der Waals surface area contributed by atoms with Crippen molar-refractivity contribution in [3.63, 3.8) is 0 Å². The Labute approximate surface area is 101 Å². The Balaban J connectivity index is 2.47. The van der Waals surface area contributed by atoms with Gasteiger partial charge >= 0.3 is 7.12 Å². The summed E-state index contributed by atoms with van der Waals surface area (Å²) in [7, 11) is -0.294. The molecule has 0 aliphatic rings. The van der Waals surface area contributed by atoms with Crippen LogP contribution in [0.15, 0.2) is 12.1 Å². The second kappa shape index (κ2) is 4.35. The predicted octanol–water partition coefficient (Wildman–Crippen LogP) is 0.158. The SMILES string of the molecule is Cc1cc(C)n(B(NN)n2nc(C)cc2C)n1. The highest BCUT2D eigenvalue weighted by molar-refractivity contribution is 6.52. The number of hydrazine groups is 1. The number of aromatic nitrogens is 4.